The predicted octanol–water partition coefficient (Wildman–Crippen LogP) is 16.1. The van der Waals surface area contributed by atoms with Gasteiger partial charge in [0.15, 0.2) is 0 Å². The monoisotopic (exact) mass is 784 g/mol. The second-order valence-corrected chi connectivity index (χ2v) is 18.2. The zero-order valence-electron chi connectivity index (χ0n) is 38.8. The highest BCUT2D eigenvalue weighted by Crippen LogP contribution is 2.46. The molecule has 2 nitrogen and oxygen atoms in total. The van der Waals surface area contributed by atoms with Gasteiger partial charge < -0.3 is 9.13 Å². The van der Waals surface area contributed by atoms with Crippen molar-refractivity contribution in [1.29, 1.82) is 0 Å². The van der Waals surface area contributed by atoms with Crippen LogP contribution in [0.1, 0.15) is 83.5 Å². The van der Waals surface area contributed by atoms with Crippen molar-refractivity contribution in [2.45, 2.75) is 104 Å². The molecule has 2 aromatic heterocycles. The lowest BCUT2D eigenvalue weighted by molar-refractivity contribution is 0.996. The zero-order valence-corrected chi connectivity index (χ0v) is 38.8. The van der Waals surface area contributed by atoms with Gasteiger partial charge in [-0.05, 0) is 233 Å². The number of nitrogens with zero attached hydrogens (tertiary/aromatic N) is 2. The second kappa shape index (κ2) is 13.8. The molecular weight excluding hydrogens is 725 g/mol. The van der Waals surface area contributed by atoms with Gasteiger partial charge in [-0.1, -0.05) is 60.7 Å². The van der Waals surface area contributed by atoms with Crippen LogP contribution in [0, 0.1) is 104 Å². The minimum atomic E-state index is 1.21. The molecule has 0 aliphatic carbocycles. The molecule has 0 amide bonds. The minimum absolute atomic E-state index is 1.21. The van der Waals surface area contributed by atoms with Gasteiger partial charge in [0.1, 0.15) is 0 Å². The molecule has 7 aromatic carbocycles. The molecule has 0 bridgehead atoms. The number of fused-ring (bicyclic) bond motifs is 6. The molecular formula is C58H60N2. The van der Waals surface area contributed by atoms with Crippen molar-refractivity contribution in [2.75, 3.05) is 0 Å². The van der Waals surface area contributed by atoms with E-state index in [1.54, 1.807) is 0 Å². The summed E-state index contributed by atoms with van der Waals surface area (Å²) in [6.45, 7) is 34.5. The van der Waals surface area contributed by atoms with Crippen LogP contribution in [0.2, 0.25) is 0 Å². The lowest BCUT2D eigenvalue weighted by atomic mass is 9.87. The van der Waals surface area contributed by atoms with Crippen LogP contribution in [0.15, 0.2) is 72.8 Å². The SMILES string of the molecule is Cc1c(C)c(C)c2c(c1C)c1c(C)c(-c3ccc(-c4ccc(-c5ccc(-n6c7c(C)c(C)c(C)c(C)c7c7c(C)c(C)c(C)c(C)c76)cc5)cc4)cc3)c(C)c(C)c1n2C. The molecule has 2 heterocycles. The molecule has 0 spiro atoms. The number of aromatic nitrogens is 2. The predicted molar refractivity (Wildman–Crippen MR) is 262 cm³/mol. The maximum atomic E-state index is 2.55. The van der Waals surface area contributed by atoms with Gasteiger partial charge in [-0.2, -0.15) is 0 Å². The van der Waals surface area contributed by atoms with Gasteiger partial charge in [-0.15, -0.1) is 0 Å². The van der Waals surface area contributed by atoms with E-state index in [2.05, 4.69) is 193 Å². The molecule has 0 atom stereocenters. The molecule has 2 heteroatoms. The Bertz CT molecular complexity index is 3230. The lowest BCUT2D eigenvalue weighted by Crippen LogP contribution is -2.01. The van der Waals surface area contributed by atoms with Crippen molar-refractivity contribution in [2.24, 2.45) is 7.05 Å². The maximum absolute atomic E-state index is 2.55. The lowest BCUT2D eigenvalue weighted by Gasteiger charge is -2.17. The highest BCUT2D eigenvalue weighted by molar-refractivity contribution is 6.17. The van der Waals surface area contributed by atoms with E-state index in [1.807, 2.05) is 0 Å². The van der Waals surface area contributed by atoms with Crippen molar-refractivity contribution >= 4 is 43.6 Å². The summed E-state index contributed by atoms with van der Waals surface area (Å²) in [5.41, 5.74) is 35.0. The van der Waals surface area contributed by atoms with Crippen LogP contribution in [0.4, 0.5) is 0 Å². The van der Waals surface area contributed by atoms with Crippen LogP contribution in [-0.4, -0.2) is 9.13 Å². The molecule has 0 N–H and O–H groups in total. The quantitative estimate of drug-likeness (QED) is 0.168. The summed E-state index contributed by atoms with van der Waals surface area (Å²) >= 11 is 0. The highest BCUT2D eigenvalue weighted by Gasteiger charge is 2.25. The Morgan fingerprint density at radius 2 is 0.517 bits per heavy atom. The number of hydrogen-bond acceptors (Lipinski definition) is 0. The summed E-state index contributed by atoms with van der Waals surface area (Å²) in [4.78, 5) is 0. The normalized spacial score (nSPS) is 12.0. The summed E-state index contributed by atoms with van der Waals surface area (Å²) in [6, 6.07) is 27.6. The molecule has 0 aliphatic rings. The Balaban J connectivity index is 1.07. The van der Waals surface area contributed by atoms with Gasteiger partial charge in [-0.3, -0.25) is 0 Å². The molecule has 9 rings (SSSR count). The van der Waals surface area contributed by atoms with E-state index < -0.39 is 0 Å². The summed E-state index contributed by atoms with van der Waals surface area (Å²) in [5.74, 6) is 0. The number of aryl methyl sites for hydroxylation is 9. The average Bonchev–Trinajstić information content (AvgIpc) is 3.78. The summed E-state index contributed by atoms with van der Waals surface area (Å²) in [7, 11) is 2.26. The first-order valence-corrected chi connectivity index (χ1v) is 21.8. The Labute approximate surface area is 357 Å². The largest absolute Gasteiger partial charge is 0.343 e. The van der Waals surface area contributed by atoms with E-state index in [0.29, 0.717) is 0 Å². The molecule has 0 radical (unpaired) electrons. The van der Waals surface area contributed by atoms with Crippen LogP contribution in [-0.2, 0) is 7.05 Å². The van der Waals surface area contributed by atoms with Crippen LogP contribution >= 0.6 is 0 Å². The second-order valence-electron chi connectivity index (χ2n) is 18.2. The molecule has 0 fully saturated rings. The van der Waals surface area contributed by atoms with Crippen molar-refractivity contribution in [1.82, 2.24) is 9.13 Å². The van der Waals surface area contributed by atoms with Crippen molar-refractivity contribution in [3.8, 4) is 39.1 Å². The van der Waals surface area contributed by atoms with E-state index in [1.165, 1.54) is 166 Å². The number of hydrogen-bond donors (Lipinski definition) is 0. The molecule has 60 heavy (non-hydrogen) atoms. The summed E-state index contributed by atoms with van der Waals surface area (Å²) in [6.07, 6.45) is 0. The zero-order chi connectivity index (χ0) is 43.0. The third-order valence-electron chi connectivity index (χ3n) is 15.7. The fourth-order valence-corrected chi connectivity index (χ4v) is 11.0. The van der Waals surface area contributed by atoms with Gasteiger partial charge in [0.25, 0.3) is 0 Å². The van der Waals surface area contributed by atoms with Gasteiger partial charge in [-0.25, -0.2) is 0 Å². The first-order chi connectivity index (χ1) is 28.5. The molecule has 0 aliphatic heterocycles. The van der Waals surface area contributed by atoms with Crippen LogP contribution in [0.3, 0.4) is 0 Å². The van der Waals surface area contributed by atoms with Crippen LogP contribution < -0.4 is 0 Å². The van der Waals surface area contributed by atoms with Gasteiger partial charge in [0.05, 0.1) is 22.1 Å². The Kier molecular flexibility index (Phi) is 9.14. The standard InChI is InChI=1S/C58H60N2/c1-29-32(4)39(11)55-51(35(29)7)54-43(15)50(38(10)42(14)56(54)59(55)16)48-23-21-46(22-24-48)44-17-19-45(20-18-44)47-25-27-49(28-26-47)60-57-40(12)33(5)30(2)36(8)52(57)53-37(9)31(3)34(6)41(13)58(53)60/h17-28H,1-16H3. The first kappa shape index (κ1) is 39.6. The van der Waals surface area contributed by atoms with Crippen molar-refractivity contribution < 1.29 is 0 Å². The number of rotatable bonds is 4. The van der Waals surface area contributed by atoms with E-state index in [0.717, 1.165) is 0 Å². The van der Waals surface area contributed by atoms with Gasteiger partial charge in [0, 0.05) is 34.3 Å². The fourth-order valence-electron chi connectivity index (χ4n) is 11.0. The summed E-state index contributed by atoms with van der Waals surface area (Å²) in [5, 5.41) is 5.63. The van der Waals surface area contributed by atoms with E-state index in [9.17, 15) is 0 Å². The highest BCUT2D eigenvalue weighted by atomic mass is 15.0. The van der Waals surface area contributed by atoms with Gasteiger partial charge >= 0.3 is 0 Å². The molecule has 302 valence electrons. The Morgan fingerprint density at radius 1 is 0.250 bits per heavy atom. The number of benzene rings is 7. The van der Waals surface area contributed by atoms with Crippen LogP contribution in [0.25, 0.3) is 82.7 Å². The maximum Gasteiger partial charge on any atom is 0.0575 e. The third kappa shape index (κ3) is 5.32. The Morgan fingerprint density at radius 3 is 0.900 bits per heavy atom. The fraction of sp³-hybridized carbons (Fsp3) is 0.276. The third-order valence-corrected chi connectivity index (χ3v) is 15.7. The van der Waals surface area contributed by atoms with E-state index in [-0.39, 0.29) is 0 Å². The van der Waals surface area contributed by atoms with Gasteiger partial charge in [0.2, 0.25) is 0 Å². The molecule has 0 saturated carbocycles. The summed E-state index contributed by atoms with van der Waals surface area (Å²) < 4.78 is 5.01. The Hall–Kier alpha value is -5.86. The van der Waals surface area contributed by atoms with E-state index >= 15 is 0 Å². The molecule has 0 saturated heterocycles. The van der Waals surface area contributed by atoms with Crippen molar-refractivity contribution in [3.63, 3.8) is 0 Å². The minimum Gasteiger partial charge on any atom is -0.343 e. The average molecular weight is 785 g/mol. The van der Waals surface area contributed by atoms with Crippen molar-refractivity contribution in [3.05, 3.63) is 156 Å². The first-order valence-electron chi connectivity index (χ1n) is 21.8. The topological polar surface area (TPSA) is 9.86 Å². The molecule has 0 unspecified atom stereocenters. The smallest absolute Gasteiger partial charge is 0.0575 e. The molecule has 9 aromatic rings. The van der Waals surface area contributed by atoms with Crippen LogP contribution in [0.5, 0.6) is 0 Å². The van der Waals surface area contributed by atoms with E-state index in [4.69, 9.17) is 0 Å².